The first-order valence-corrected chi connectivity index (χ1v) is 11.8. The Hall–Kier alpha value is -2.46. The number of benzene rings is 1. The smallest absolute Gasteiger partial charge is 0.308 e. The second kappa shape index (κ2) is 8.96. The number of rotatable bonds is 7. The number of aromatic nitrogens is 2. The van der Waals surface area contributed by atoms with Gasteiger partial charge in [0.25, 0.3) is 10.0 Å². The van der Waals surface area contributed by atoms with Gasteiger partial charge in [-0.15, -0.1) is 0 Å². The number of imidazole rings is 1. The number of hydrazone groups is 1. The lowest BCUT2D eigenvalue weighted by Crippen LogP contribution is -2.25. The fourth-order valence-electron chi connectivity index (χ4n) is 3.66. The van der Waals surface area contributed by atoms with E-state index < -0.39 is 16.0 Å². The van der Waals surface area contributed by atoms with E-state index in [1.54, 1.807) is 18.2 Å². The normalized spacial score (nSPS) is 16.3. The predicted molar refractivity (Wildman–Crippen MR) is 118 cm³/mol. The number of fused-ring (bicyclic) bond motifs is 1. The summed E-state index contributed by atoms with van der Waals surface area (Å²) in [6.45, 7) is 8.63. The lowest BCUT2D eigenvalue weighted by molar-refractivity contribution is -0.135. The first-order valence-electron chi connectivity index (χ1n) is 10.3. The highest BCUT2D eigenvalue weighted by molar-refractivity contribution is 7.89. The van der Waals surface area contributed by atoms with Gasteiger partial charge in [0, 0.05) is 38.4 Å². The number of carboxylic acid groups (broad SMARTS) is 1. The number of hydrogen-bond acceptors (Lipinski definition) is 6. The Balaban J connectivity index is 1.98. The molecule has 10 heteroatoms. The van der Waals surface area contributed by atoms with Gasteiger partial charge in [-0.25, -0.2) is 4.98 Å². The molecule has 0 amide bonds. The molecule has 0 unspecified atom stereocenters. The zero-order chi connectivity index (χ0) is 22.8. The third-order valence-corrected chi connectivity index (χ3v) is 6.97. The standard InChI is InChI=1S/C21H30N4O5S/c1-21(2,3)20-23-17-13-16(31(28,29)24(4)22-10-7-19(26)27)5-6-18(17)25(20)14-15-8-11-30-12-9-15/h5-6,10,13,15H,7-9,11-12,14H2,1-4H3,(H,26,27)/b22-10-. The predicted octanol–water partition coefficient (Wildman–Crippen LogP) is 2.84. The van der Waals surface area contributed by atoms with Gasteiger partial charge >= 0.3 is 5.97 Å². The van der Waals surface area contributed by atoms with Crippen LogP contribution in [0, 0.1) is 5.92 Å². The molecule has 0 atom stereocenters. The molecular weight excluding hydrogens is 420 g/mol. The average Bonchev–Trinajstić information content (AvgIpc) is 3.06. The van der Waals surface area contributed by atoms with Crippen molar-refractivity contribution in [2.24, 2.45) is 11.0 Å². The van der Waals surface area contributed by atoms with Crippen molar-refractivity contribution in [1.29, 1.82) is 0 Å². The van der Waals surface area contributed by atoms with E-state index in [1.807, 2.05) is 0 Å². The molecule has 9 nitrogen and oxygen atoms in total. The summed E-state index contributed by atoms with van der Waals surface area (Å²) in [6.07, 6.45) is 2.69. The maximum absolute atomic E-state index is 12.9. The molecule has 1 N–H and O–H groups in total. The van der Waals surface area contributed by atoms with Crippen molar-refractivity contribution in [3.63, 3.8) is 0 Å². The summed E-state index contributed by atoms with van der Waals surface area (Å²) in [5, 5.41) is 12.4. The molecule has 0 aliphatic carbocycles. The van der Waals surface area contributed by atoms with E-state index >= 15 is 0 Å². The van der Waals surface area contributed by atoms with Gasteiger partial charge < -0.3 is 14.4 Å². The molecule has 0 spiro atoms. The zero-order valence-electron chi connectivity index (χ0n) is 18.4. The van der Waals surface area contributed by atoms with E-state index in [0.29, 0.717) is 11.4 Å². The fourth-order valence-corrected chi connectivity index (χ4v) is 4.66. The Morgan fingerprint density at radius 1 is 1.35 bits per heavy atom. The maximum atomic E-state index is 12.9. The topological polar surface area (TPSA) is 114 Å². The van der Waals surface area contributed by atoms with E-state index in [4.69, 9.17) is 14.8 Å². The number of ether oxygens (including phenoxy) is 1. The number of carboxylic acids is 1. The highest BCUT2D eigenvalue weighted by atomic mass is 32.2. The van der Waals surface area contributed by atoms with Crippen molar-refractivity contribution in [1.82, 2.24) is 14.0 Å². The van der Waals surface area contributed by atoms with E-state index in [1.165, 1.54) is 7.05 Å². The third kappa shape index (κ3) is 5.24. The van der Waals surface area contributed by atoms with Gasteiger partial charge in [0.15, 0.2) is 0 Å². The van der Waals surface area contributed by atoms with Crippen LogP contribution in [0.3, 0.4) is 0 Å². The van der Waals surface area contributed by atoms with Crippen LogP contribution >= 0.6 is 0 Å². The summed E-state index contributed by atoms with van der Waals surface area (Å²) < 4.78 is 34.2. The Kier molecular flexibility index (Phi) is 6.70. The highest BCUT2D eigenvalue weighted by Gasteiger charge is 2.27. The molecule has 1 aromatic carbocycles. The zero-order valence-corrected chi connectivity index (χ0v) is 19.2. The molecule has 0 radical (unpaired) electrons. The molecule has 1 aromatic heterocycles. The summed E-state index contributed by atoms with van der Waals surface area (Å²) >= 11 is 0. The summed E-state index contributed by atoms with van der Waals surface area (Å²) in [7, 11) is -2.64. The van der Waals surface area contributed by atoms with Crippen LogP contribution in [-0.2, 0) is 31.5 Å². The van der Waals surface area contributed by atoms with E-state index in [2.05, 4.69) is 30.4 Å². The molecule has 31 heavy (non-hydrogen) atoms. The van der Waals surface area contributed by atoms with Crippen molar-refractivity contribution in [3.8, 4) is 0 Å². The van der Waals surface area contributed by atoms with Crippen LogP contribution in [0.5, 0.6) is 0 Å². The van der Waals surface area contributed by atoms with Gasteiger partial charge in [-0.3, -0.25) is 4.79 Å². The van der Waals surface area contributed by atoms with Crippen molar-refractivity contribution >= 4 is 33.2 Å². The summed E-state index contributed by atoms with van der Waals surface area (Å²) in [5.74, 6) is 0.322. The molecule has 2 aromatic rings. The van der Waals surface area contributed by atoms with E-state index in [0.717, 1.165) is 54.6 Å². The molecule has 1 fully saturated rings. The number of aliphatic carboxylic acids is 1. The first kappa shape index (κ1) is 23.2. The summed E-state index contributed by atoms with van der Waals surface area (Å²) in [4.78, 5) is 15.5. The minimum absolute atomic E-state index is 0.0613. The molecule has 170 valence electrons. The van der Waals surface area contributed by atoms with Gasteiger partial charge in [-0.1, -0.05) is 20.8 Å². The van der Waals surface area contributed by atoms with Crippen LogP contribution in [0.15, 0.2) is 28.2 Å². The second-order valence-electron chi connectivity index (χ2n) is 8.84. The fraction of sp³-hybridized carbons (Fsp3) is 0.571. The van der Waals surface area contributed by atoms with Gasteiger partial charge in [-0.05, 0) is 37.0 Å². The number of hydrogen-bond donors (Lipinski definition) is 1. The van der Waals surface area contributed by atoms with Crippen molar-refractivity contribution in [3.05, 3.63) is 24.0 Å². The van der Waals surface area contributed by atoms with Crippen LogP contribution in [-0.4, -0.2) is 59.9 Å². The Morgan fingerprint density at radius 2 is 2.03 bits per heavy atom. The number of carbonyl (C=O) groups is 1. The van der Waals surface area contributed by atoms with Gasteiger partial charge in [0.05, 0.1) is 22.3 Å². The highest BCUT2D eigenvalue weighted by Crippen LogP contribution is 2.30. The minimum atomic E-state index is -3.92. The van der Waals surface area contributed by atoms with Gasteiger partial charge in [-0.2, -0.15) is 17.9 Å². The Bertz CT molecular complexity index is 1080. The molecule has 3 rings (SSSR count). The second-order valence-corrected chi connectivity index (χ2v) is 10.8. The Morgan fingerprint density at radius 3 is 2.65 bits per heavy atom. The van der Waals surface area contributed by atoms with Crippen LogP contribution in [0.2, 0.25) is 0 Å². The SMILES string of the molecule is CN(/N=C\CC(=O)O)S(=O)(=O)c1ccc2c(c1)nc(C(C)(C)C)n2CC1CCOCC1. The number of nitrogens with zero attached hydrogens (tertiary/aromatic N) is 4. The van der Waals surface area contributed by atoms with Crippen LogP contribution in [0.1, 0.15) is 45.9 Å². The minimum Gasteiger partial charge on any atom is -0.481 e. The quantitative estimate of drug-likeness (QED) is 0.512. The average molecular weight is 451 g/mol. The van der Waals surface area contributed by atoms with Crippen LogP contribution < -0.4 is 0 Å². The van der Waals surface area contributed by atoms with Crippen LogP contribution in [0.4, 0.5) is 0 Å². The molecule has 1 aliphatic rings. The van der Waals surface area contributed by atoms with Gasteiger partial charge in [0.2, 0.25) is 0 Å². The largest absolute Gasteiger partial charge is 0.481 e. The monoisotopic (exact) mass is 450 g/mol. The van der Waals surface area contributed by atoms with Gasteiger partial charge in [0.1, 0.15) is 5.82 Å². The molecule has 1 aliphatic heterocycles. The van der Waals surface area contributed by atoms with Crippen molar-refractivity contribution < 1.29 is 23.1 Å². The van der Waals surface area contributed by atoms with E-state index in [9.17, 15) is 13.2 Å². The molecule has 1 saturated heterocycles. The molecular formula is C21H30N4O5S. The third-order valence-electron chi connectivity index (χ3n) is 5.33. The summed E-state index contributed by atoms with van der Waals surface area (Å²) in [5.41, 5.74) is 1.30. The number of sulfonamides is 1. The first-order chi connectivity index (χ1) is 14.5. The molecule has 0 bridgehead atoms. The molecule has 0 saturated carbocycles. The summed E-state index contributed by atoms with van der Waals surface area (Å²) in [6, 6.07) is 4.90. The maximum Gasteiger partial charge on any atom is 0.308 e. The molecule has 2 heterocycles. The van der Waals surface area contributed by atoms with Crippen molar-refractivity contribution in [2.45, 2.75) is 56.9 Å². The van der Waals surface area contributed by atoms with E-state index in [-0.39, 0.29) is 16.7 Å². The Labute approximate surface area is 182 Å². The lowest BCUT2D eigenvalue weighted by Gasteiger charge is -2.26. The van der Waals surface area contributed by atoms with Crippen molar-refractivity contribution in [2.75, 3.05) is 20.3 Å². The lowest BCUT2D eigenvalue weighted by atomic mass is 9.94. The van der Waals surface area contributed by atoms with Crippen LogP contribution in [0.25, 0.3) is 11.0 Å².